The minimum atomic E-state index is 0.292. The minimum absolute atomic E-state index is 0.292. The molecular formula is C23H37N5O2. The van der Waals surface area contributed by atoms with Gasteiger partial charge < -0.3 is 14.5 Å². The van der Waals surface area contributed by atoms with E-state index in [0.717, 1.165) is 51.5 Å². The first kappa shape index (κ1) is 21.5. The van der Waals surface area contributed by atoms with Crippen LogP contribution in [0.2, 0.25) is 0 Å². The van der Waals surface area contributed by atoms with Gasteiger partial charge in [0.25, 0.3) is 0 Å². The molecule has 2 atom stereocenters. The molecule has 4 heterocycles. The van der Waals surface area contributed by atoms with Crippen molar-refractivity contribution < 1.29 is 9.53 Å². The molecule has 1 aromatic rings. The van der Waals surface area contributed by atoms with Gasteiger partial charge in [0.05, 0.1) is 13.2 Å². The molecule has 0 radical (unpaired) electrons. The number of amides is 1. The fraction of sp³-hybridized carbons (Fsp3) is 0.739. The van der Waals surface area contributed by atoms with Gasteiger partial charge in [-0.25, -0.2) is 4.98 Å². The van der Waals surface area contributed by atoms with Crippen molar-refractivity contribution in [2.45, 2.75) is 51.2 Å². The van der Waals surface area contributed by atoms with Crippen LogP contribution in [0.3, 0.4) is 0 Å². The maximum absolute atomic E-state index is 13.0. The highest BCUT2D eigenvalue weighted by Gasteiger charge is 2.34. The lowest BCUT2D eigenvalue weighted by molar-refractivity contribution is -0.137. The van der Waals surface area contributed by atoms with E-state index in [0.29, 0.717) is 31.1 Å². The van der Waals surface area contributed by atoms with Crippen LogP contribution >= 0.6 is 0 Å². The van der Waals surface area contributed by atoms with Crippen LogP contribution < -0.4 is 4.90 Å². The highest BCUT2D eigenvalue weighted by Crippen LogP contribution is 2.26. The lowest BCUT2D eigenvalue weighted by Crippen LogP contribution is -2.59. The Bertz CT molecular complexity index is 742. The SMILES string of the molecule is COCCN(C)c1ccc2c(n1)CCN(CC(=O)N1CCN3C(C)CCC[C@H]3C1)C2. The number of anilines is 1. The Morgan fingerprint density at radius 2 is 2.13 bits per heavy atom. The van der Waals surface area contributed by atoms with Gasteiger partial charge in [0.15, 0.2) is 0 Å². The molecule has 3 aliphatic rings. The zero-order valence-electron chi connectivity index (χ0n) is 18.8. The Morgan fingerprint density at radius 1 is 1.27 bits per heavy atom. The number of nitrogens with zero attached hydrogens (tertiary/aromatic N) is 5. The zero-order valence-corrected chi connectivity index (χ0v) is 18.8. The van der Waals surface area contributed by atoms with Gasteiger partial charge in [-0.05, 0) is 31.4 Å². The highest BCUT2D eigenvalue weighted by molar-refractivity contribution is 5.78. The number of fused-ring (bicyclic) bond motifs is 2. The van der Waals surface area contributed by atoms with Gasteiger partial charge in [0.1, 0.15) is 5.82 Å². The molecule has 7 heteroatoms. The molecule has 0 N–H and O–H groups in total. The second kappa shape index (κ2) is 9.62. The second-order valence-corrected chi connectivity index (χ2v) is 9.16. The van der Waals surface area contributed by atoms with E-state index in [1.807, 2.05) is 7.05 Å². The Morgan fingerprint density at radius 3 is 2.97 bits per heavy atom. The standard InChI is InChI=1S/C23H37N5O2/c1-18-5-4-6-20-16-27(11-12-28(18)20)23(29)17-26-10-9-21-19(15-26)7-8-22(24-21)25(2)13-14-30-3/h7-8,18,20H,4-6,9-17H2,1-3H3/t18?,20-/m0/s1. The van der Waals surface area contributed by atoms with Crippen LogP contribution in [0.15, 0.2) is 12.1 Å². The average molecular weight is 416 g/mol. The van der Waals surface area contributed by atoms with Crippen LogP contribution in [0.1, 0.15) is 37.4 Å². The maximum Gasteiger partial charge on any atom is 0.236 e. The Hall–Kier alpha value is -1.70. The summed E-state index contributed by atoms with van der Waals surface area (Å²) in [4.78, 5) is 27.0. The predicted molar refractivity (Wildman–Crippen MR) is 119 cm³/mol. The number of carbonyl (C=O) groups is 1. The molecule has 1 aromatic heterocycles. The summed E-state index contributed by atoms with van der Waals surface area (Å²) in [5.74, 6) is 1.29. The predicted octanol–water partition coefficient (Wildman–Crippen LogP) is 1.61. The zero-order chi connectivity index (χ0) is 21.1. The van der Waals surface area contributed by atoms with Crippen molar-refractivity contribution in [3.8, 4) is 0 Å². The third kappa shape index (κ3) is 4.79. The van der Waals surface area contributed by atoms with Gasteiger partial charge in [-0.15, -0.1) is 0 Å². The fourth-order valence-electron chi connectivity index (χ4n) is 5.19. The number of pyridine rings is 1. The van der Waals surface area contributed by atoms with E-state index in [2.05, 4.69) is 38.7 Å². The number of carbonyl (C=O) groups excluding carboxylic acids is 1. The number of aromatic nitrogens is 1. The van der Waals surface area contributed by atoms with Crippen molar-refractivity contribution in [3.63, 3.8) is 0 Å². The van der Waals surface area contributed by atoms with E-state index in [1.165, 1.54) is 30.5 Å². The van der Waals surface area contributed by atoms with Crippen molar-refractivity contribution in [2.75, 3.05) is 64.9 Å². The van der Waals surface area contributed by atoms with Crippen LogP contribution in [0.25, 0.3) is 0 Å². The number of rotatable bonds is 6. The van der Waals surface area contributed by atoms with Gasteiger partial charge in [-0.3, -0.25) is 14.6 Å². The maximum atomic E-state index is 13.0. The van der Waals surface area contributed by atoms with Crippen LogP contribution in [-0.4, -0.2) is 97.7 Å². The fourth-order valence-corrected chi connectivity index (χ4v) is 5.19. The third-order valence-electron chi connectivity index (χ3n) is 7.10. The summed E-state index contributed by atoms with van der Waals surface area (Å²) in [6.07, 6.45) is 4.74. The lowest BCUT2D eigenvalue weighted by atomic mass is 9.94. The topological polar surface area (TPSA) is 52.2 Å². The Balaban J connectivity index is 1.31. The first-order valence-corrected chi connectivity index (χ1v) is 11.5. The summed E-state index contributed by atoms with van der Waals surface area (Å²) >= 11 is 0. The molecule has 166 valence electrons. The molecule has 0 saturated carbocycles. The van der Waals surface area contributed by atoms with E-state index >= 15 is 0 Å². The van der Waals surface area contributed by atoms with Crippen molar-refractivity contribution in [1.82, 2.24) is 19.7 Å². The molecule has 0 spiro atoms. The largest absolute Gasteiger partial charge is 0.383 e. The normalized spacial score (nSPS) is 25.0. The molecule has 1 unspecified atom stereocenters. The minimum Gasteiger partial charge on any atom is -0.383 e. The molecular weight excluding hydrogens is 378 g/mol. The molecule has 7 nitrogen and oxygen atoms in total. The molecule has 30 heavy (non-hydrogen) atoms. The summed E-state index contributed by atoms with van der Waals surface area (Å²) in [6.45, 7) is 8.92. The van der Waals surface area contributed by atoms with Gasteiger partial charge in [0, 0.05) is 77.6 Å². The Kier molecular flexibility index (Phi) is 6.91. The molecule has 4 rings (SSSR count). The monoisotopic (exact) mass is 415 g/mol. The van der Waals surface area contributed by atoms with Crippen LogP contribution in [0.5, 0.6) is 0 Å². The van der Waals surface area contributed by atoms with Crippen LogP contribution in [0, 0.1) is 0 Å². The first-order valence-electron chi connectivity index (χ1n) is 11.5. The summed E-state index contributed by atoms with van der Waals surface area (Å²) in [6, 6.07) is 5.50. The van der Waals surface area contributed by atoms with E-state index in [4.69, 9.17) is 9.72 Å². The lowest BCUT2D eigenvalue weighted by Gasteiger charge is -2.47. The van der Waals surface area contributed by atoms with Gasteiger partial charge >= 0.3 is 0 Å². The molecule has 0 bridgehead atoms. The summed E-state index contributed by atoms with van der Waals surface area (Å²) in [5.41, 5.74) is 2.43. The number of hydrogen-bond donors (Lipinski definition) is 0. The van der Waals surface area contributed by atoms with E-state index in [1.54, 1.807) is 7.11 Å². The van der Waals surface area contributed by atoms with Gasteiger partial charge in [-0.2, -0.15) is 0 Å². The number of hydrogen-bond acceptors (Lipinski definition) is 6. The van der Waals surface area contributed by atoms with Crippen molar-refractivity contribution >= 4 is 11.7 Å². The summed E-state index contributed by atoms with van der Waals surface area (Å²) in [7, 11) is 3.77. The van der Waals surface area contributed by atoms with Crippen molar-refractivity contribution in [1.29, 1.82) is 0 Å². The summed E-state index contributed by atoms with van der Waals surface area (Å²) < 4.78 is 5.17. The molecule has 0 aromatic carbocycles. The smallest absolute Gasteiger partial charge is 0.236 e. The van der Waals surface area contributed by atoms with E-state index in [-0.39, 0.29) is 0 Å². The highest BCUT2D eigenvalue weighted by atomic mass is 16.5. The molecule has 2 fully saturated rings. The number of methoxy groups -OCH3 is 1. The summed E-state index contributed by atoms with van der Waals surface area (Å²) in [5, 5.41) is 0. The second-order valence-electron chi connectivity index (χ2n) is 9.16. The van der Waals surface area contributed by atoms with Gasteiger partial charge in [-0.1, -0.05) is 12.5 Å². The molecule has 3 aliphatic heterocycles. The molecule has 0 aliphatic carbocycles. The van der Waals surface area contributed by atoms with Crippen molar-refractivity contribution in [3.05, 3.63) is 23.4 Å². The number of ether oxygens (including phenoxy) is 1. The van der Waals surface area contributed by atoms with Crippen LogP contribution in [0.4, 0.5) is 5.82 Å². The third-order valence-corrected chi connectivity index (χ3v) is 7.10. The molecule has 1 amide bonds. The Labute approximate surface area is 181 Å². The van der Waals surface area contributed by atoms with Gasteiger partial charge in [0.2, 0.25) is 5.91 Å². The van der Waals surface area contributed by atoms with Crippen molar-refractivity contribution in [2.24, 2.45) is 0 Å². The quantitative estimate of drug-likeness (QED) is 0.704. The first-order chi connectivity index (χ1) is 14.5. The van der Waals surface area contributed by atoms with Crippen LogP contribution in [-0.2, 0) is 22.5 Å². The van der Waals surface area contributed by atoms with E-state index < -0.39 is 0 Å². The average Bonchev–Trinajstić information content (AvgIpc) is 2.77. The molecule has 2 saturated heterocycles. The van der Waals surface area contributed by atoms with E-state index in [9.17, 15) is 4.79 Å². The number of piperidine rings is 1. The number of piperazine rings is 1. The number of likely N-dealkylation sites (N-methyl/N-ethyl adjacent to an activating group) is 1.